The standard InChI is InChI=1S/C30H28FN3O6/c1-3-30(39)17-6-21-24-15(8-34(21)25(35)16(17)9-40-27(30)37)23-19(33-26(36)28-10-29(38,11-28)12-28)5-4-14-13(2)18(31)7-20(32-24)22(14)23/h6-7,19,38-39H,3-5,8-12H2,1-2H3,(H,33,36)/t19-,28?,29?,30-/m0/s1. The van der Waals surface area contributed by atoms with E-state index in [4.69, 9.17) is 9.72 Å². The fourth-order valence-corrected chi connectivity index (χ4v) is 7.99. The third-order valence-electron chi connectivity index (χ3n) is 10.2. The van der Waals surface area contributed by atoms with Crippen molar-refractivity contribution in [1.29, 1.82) is 0 Å². The minimum absolute atomic E-state index is 0.0316. The van der Waals surface area contributed by atoms with Crippen LogP contribution >= 0.6 is 0 Å². The lowest BCUT2D eigenvalue weighted by Gasteiger charge is -2.66. The average Bonchev–Trinajstić information content (AvgIpc) is 3.26. The molecule has 4 aliphatic carbocycles. The van der Waals surface area contributed by atoms with Crippen LogP contribution in [0.3, 0.4) is 0 Å². The molecule has 0 saturated heterocycles. The fourth-order valence-electron chi connectivity index (χ4n) is 7.99. The van der Waals surface area contributed by atoms with E-state index in [0.717, 1.165) is 22.1 Å². The minimum Gasteiger partial charge on any atom is -0.458 e. The minimum atomic E-state index is -1.95. The van der Waals surface area contributed by atoms with Crippen molar-refractivity contribution in [2.75, 3.05) is 0 Å². The van der Waals surface area contributed by atoms with Crippen LogP contribution in [-0.4, -0.2) is 37.2 Å². The van der Waals surface area contributed by atoms with Crippen molar-refractivity contribution in [2.24, 2.45) is 5.41 Å². The molecule has 3 N–H and O–H groups in total. The number of ether oxygens (including phenoxy) is 1. The van der Waals surface area contributed by atoms with Crippen molar-refractivity contribution in [3.8, 4) is 11.4 Å². The third-order valence-corrected chi connectivity index (χ3v) is 10.2. The number of halogens is 1. The first kappa shape index (κ1) is 24.2. The zero-order chi connectivity index (χ0) is 27.9. The first-order chi connectivity index (χ1) is 19.0. The Labute approximate surface area is 228 Å². The SMILES string of the molecule is CC[C@@]1(O)C(=O)OCc2c1cc1n(c2=O)Cc2c-1nc1cc(F)c(C)c3c1c2[C@@H](NC(=O)C12CC(O)(C1)C2)CC3. The second-order valence-electron chi connectivity index (χ2n) is 12.4. The lowest BCUT2D eigenvalue weighted by molar-refractivity contribution is -0.250. The van der Waals surface area contributed by atoms with Crippen molar-refractivity contribution in [3.05, 3.63) is 61.7 Å². The molecule has 9 nitrogen and oxygen atoms in total. The number of nitrogens with one attached hydrogen (secondary N) is 1. The Hall–Kier alpha value is -3.63. The quantitative estimate of drug-likeness (QED) is 0.337. The average molecular weight is 546 g/mol. The number of cyclic esters (lactones) is 1. The topological polar surface area (TPSA) is 131 Å². The van der Waals surface area contributed by atoms with Gasteiger partial charge in [0, 0.05) is 22.6 Å². The Morgan fingerprint density at radius 2 is 1.95 bits per heavy atom. The highest BCUT2D eigenvalue weighted by molar-refractivity contribution is 5.94. The van der Waals surface area contributed by atoms with E-state index in [1.165, 1.54) is 6.07 Å². The lowest BCUT2D eigenvalue weighted by atomic mass is 9.41. The molecule has 3 aromatic rings. The van der Waals surface area contributed by atoms with E-state index in [-0.39, 0.29) is 54.0 Å². The van der Waals surface area contributed by atoms with Gasteiger partial charge in [0.15, 0.2) is 5.60 Å². The van der Waals surface area contributed by atoms with Crippen LogP contribution in [0.15, 0.2) is 16.9 Å². The second kappa shape index (κ2) is 7.36. The van der Waals surface area contributed by atoms with E-state index in [0.29, 0.717) is 54.6 Å². The summed E-state index contributed by atoms with van der Waals surface area (Å²) in [4.78, 5) is 44.5. The van der Waals surface area contributed by atoms with Crippen LogP contribution in [0.25, 0.3) is 22.3 Å². The molecule has 6 aliphatic rings. The number of hydrogen-bond acceptors (Lipinski definition) is 7. The van der Waals surface area contributed by atoms with Crippen LogP contribution in [0.5, 0.6) is 0 Å². The van der Waals surface area contributed by atoms with Crippen molar-refractivity contribution < 1.29 is 28.9 Å². The second-order valence-corrected chi connectivity index (χ2v) is 12.4. The molecule has 206 valence electrons. The van der Waals surface area contributed by atoms with Gasteiger partial charge in [-0.1, -0.05) is 6.92 Å². The van der Waals surface area contributed by atoms with E-state index in [1.807, 2.05) is 0 Å². The number of esters is 1. The number of rotatable bonds is 3. The Morgan fingerprint density at radius 3 is 2.65 bits per heavy atom. The summed E-state index contributed by atoms with van der Waals surface area (Å²) in [5, 5.41) is 25.5. The van der Waals surface area contributed by atoms with Gasteiger partial charge in [-0.3, -0.25) is 9.59 Å². The highest BCUT2D eigenvalue weighted by Gasteiger charge is 2.71. The van der Waals surface area contributed by atoms with Gasteiger partial charge in [0.05, 0.1) is 46.1 Å². The monoisotopic (exact) mass is 545 g/mol. The van der Waals surface area contributed by atoms with Gasteiger partial charge in [0.2, 0.25) is 5.91 Å². The number of carbonyl (C=O) groups excluding carboxylic acids is 2. The van der Waals surface area contributed by atoms with E-state index in [2.05, 4.69) is 5.32 Å². The van der Waals surface area contributed by atoms with Gasteiger partial charge < -0.3 is 24.8 Å². The molecule has 0 spiro atoms. The van der Waals surface area contributed by atoms with E-state index in [1.54, 1.807) is 24.5 Å². The maximum absolute atomic E-state index is 15.1. The molecule has 3 fully saturated rings. The number of fused-ring (bicyclic) bond motifs is 5. The van der Waals surface area contributed by atoms with Crippen molar-refractivity contribution in [1.82, 2.24) is 14.9 Å². The summed E-state index contributed by atoms with van der Waals surface area (Å²) in [6, 6.07) is 2.67. The van der Waals surface area contributed by atoms with Gasteiger partial charge in [-0.2, -0.15) is 0 Å². The van der Waals surface area contributed by atoms with Gasteiger partial charge >= 0.3 is 5.97 Å². The lowest BCUT2D eigenvalue weighted by Crippen LogP contribution is -2.72. The smallest absolute Gasteiger partial charge is 0.343 e. The Kier molecular flexibility index (Phi) is 4.45. The van der Waals surface area contributed by atoms with Gasteiger partial charge in [-0.05, 0) is 68.2 Å². The summed E-state index contributed by atoms with van der Waals surface area (Å²) in [5.74, 6) is -1.24. The molecule has 2 aromatic heterocycles. The van der Waals surface area contributed by atoms with Crippen molar-refractivity contribution in [2.45, 2.75) is 82.8 Å². The summed E-state index contributed by atoms with van der Waals surface area (Å²) in [6.45, 7) is 3.37. The van der Waals surface area contributed by atoms with Crippen LogP contribution < -0.4 is 10.9 Å². The van der Waals surface area contributed by atoms with Gasteiger partial charge in [-0.25, -0.2) is 14.2 Å². The molecule has 10 heteroatoms. The number of nitrogens with zero attached hydrogens (tertiary/aromatic N) is 2. The third kappa shape index (κ3) is 2.78. The fraction of sp³-hybridized carbons (Fsp3) is 0.467. The first-order valence-electron chi connectivity index (χ1n) is 13.8. The molecule has 4 heterocycles. The molecule has 0 radical (unpaired) electrons. The molecule has 2 bridgehead atoms. The van der Waals surface area contributed by atoms with Crippen molar-refractivity contribution in [3.63, 3.8) is 0 Å². The number of carbonyl (C=O) groups is 2. The molecule has 2 aliphatic heterocycles. The summed E-state index contributed by atoms with van der Waals surface area (Å²) < 4.78 is 21.8. The van der Waals surface area contributed by atoms with Crippen LogP contribution in [-0.2, 0) is 39.5 Å². The number of aromatic nitrogens is 2. The molecule has 1 amide bonds. The molecule has 9 rings (SSSR count). The Bertz CT molecular complexity index is 1790. The molecule has 0 unspecified atom stereocenters. The summed E-state index contributed by atoms with van der Waals surface area (Å²) in [7, 11) is 0. The van der Waals surface area contributed by atoms with Crippen LogP contribution in [0.2, 0.25) is 0 Å². The Morgan fingerprint density at radius 1 is 1.20 bits per heavy atom. The molecular weight excluding hydrogens is 517 g/mol. The zero-order valence-corrected chi connectivity index (χ0v) is 22.2. The highest BCUT2D eigenvalue weighted by Crippen LogP contribution is 2.67. The predicted octanol–water partition coefficient (Wildman–Crippen LogP) is 2.55. The van der Waals surface area contributed by atoms with E-state index < -0.39 is 22.6 Å². The van der Waals surface area contributed by atoms with Gasteiger partial charge in [0.25, 0.3) is 5.56 Å². The van der Waals surface area contributed by atoms with Crippen LogP contribution in [0.1, 0.15) is 78.5 Å². The number of hydrogen-bond donors (Lipinski definition) is 3. The van der Waals surface area contributed by atoms with Crippen LogP contribution in [0, 0.1) is 18.2 Å². The normalized spacial score (nSPS) is 30.5. The van der Waals surface area contributed by atoms with E-state index in [9.17, 15) is 24.6 Å². The maximum Gasteiger partial charge on any atom is 0.343 e. The zero-order valence-electron chi connectivity index (χ0n) is 22.2. The molecule has 2 atom stereocenters. The molecule has 40 heavy (non-hydrogen) atoms. The number of amides is 1. The summed E-state index contributed by atoms with van der Waals surface area (Å²) in [6.07, 6.45) is 2.57. The number of benzene rings is 1. The predicted molar refractivity (Wildman–Crippen MR) is 140 cm³/mol. The summed E-state index contributed by atoms with van der Waals surface area (Å²) >= 11 is 0. The summed E-state index contributed by atoms with van der Waals surface area (Å²) in [5.41, 5.74) is 1.26. The highest BCUT2D eigenvalue weighted by atomic mass is 19.1. The maximum atomic E-state index is 15.1. The van der Waals surface area contributed by atoms with Crippen LogP contribution in [0.4, 0.5) is 4.39 Å². The molecule has 1 aromatic carbocycles. The Balaban J connectivity index is 1.33. The van der Waals surface area contributed by atoms with Crippen molar-refractivity contribution >= 4 is 22.8 Å². The number of aryl methyl sites for hydroxylation is 1. The number of pyridine rings is 2. The number of aliphatic hydroxyl groups is 2. The molecular formula is C30H28FN3O6. The largest absolute Gasteiger partial charge is 0.458 e. The van der Waals surface area contributed by atoms with Gasteiger partial charge in [-0.15, -0.1) is 0 Å². The first-order valence-corrected chi connectivity index (χ1v) is 13.8. The van der Waals surface area contributed by atoms with Gasteiger partial charge in [0.1, 0.15) is 12.4 Å². The molecule has 3 saturated carbocycles. The van der Waals surface area contributed by atoms with E-state index >= 15 is 4.39 Å².